The molecule has 0 saturated carbocycles. The number of pyridine rings is 1. The Bertz CT molecular complexity index is 1060. The van der Waals surface area contributed by atoms with Crippen LogP contribution in [0.1, 0.15) is 0 Å². The first kappa shape index (κ1) is 17.2. The quantitative estimate of drug-likeness (QED) is 0.489. The molecule has 1 amide bonds. The highest BCUT2D eigenvalue weighted by Gasteiger charge is 2.08. The summed E-state index contributed by atoms with van der Waals surface area (Å²) in [6.07, 6.45) is 3.73. The first-order valence-corrected chi connectivity index (χ1v) is 9.44. The molecule has 4 aromatic rings. The van der Waals surface area contributed by atoms with Crippen LogP contribution in [-0.2, 0) is 4.79 Å². The molecule has 0 aliphatic carbocycles. The number of carbonyl (C=O) groups is 1. The predicted molar refractivity (Wildman–Crippen MR) is 108 cm³/mol. The summed E-state index contributed by atoms with van der Waals surface area (Å²) in [4.78, 5) is 16.7. The van der Waals surface area contributed by atoms with Gasteiger partial charge >= 0.3 is 0 Å². The molecular weight excluding hydrogens is 358 g/mol. The van der Waals surface area contributed by atoms with E-state index in [4.69, 9.17) is 4.74 Å². The van der Waals surface area contributed by atoms with Gasteiger partial charge in [-0.2, -0.15) is 0 Å². The van der Waals surface area contributed by atoms with Crippen molar-refractivity contribution in [1.29, 1.82) is 0 Å². The third kappa shape index (κ3) is 4.30. The fourth-order valence-electron chi connectivity index (χ4n) is 2.62. The van der Waals surface area contributed by atoms with Crippen molar-refractivity contribution >= 4 is 28.9 Å². The van der Waals surface area contributed by atoms with E-state index in [1.165, 1.54) is 11.8 Å². The highest BCUT2D eigenvalue weighted by molar-refractivity contribution is 7.99. The first-order valence-electron chi connectivity index (χ1n) is 8.46. The van der Waals surface area contributed by atoms with Gasteiger partial charge in [-0.3, -0.25) is 9.20 Å². The van der Waals surface area contributed by atoms with Crippen LogP contribution in [-0.4, -0.2) is 21.0 Å². The molecule has 0 aliphatic rings. The molecule has 134 valence electrons. The number of hydrogen-bond acceptors (Lipinski definition) is 4. The summed E-state index contributed by atoms with van der Waals surface area (Å²) >= 11 is 1.40. The second kappa shape index (κ2) is 7.97. The van der Waals surface area contributed by atoms with E-state index in [0.717, 1.165) is 16.4 Å². The van der Waals surface area contributed by atoms with Gasteiger partial charge in [0.15, 0.2) is 5.16 Å². The zero-order valence-corrected chi connectivity index (χ0v) is 15.2. The molecule has 1 N–H and O–H groups in total. The number of rotatable bonds is 6. The summed E-state index contributed by atoms with van der Waals surface area (Å²) in [7, 11) is 0. The maximum Gasteiger partial charge on any atom is 0.234 e. The van der Waals surface area contributed by atoms with E-state index in [1.807, 2.05) is 77.3 Å². The summed E-state index contributed by atoms with van der Waals surface area (Å²) in [5.41, 5.74) is 1.70. The minimum atomic E-state index is -0.0930. The maximum atomic E-state index is 12.3. The summed E-state index contributed by atoms with van der Waals surface area (Å²) < 4.78 is 7.76. The molecule has 0 aliphatic heterocycles. The molecule has 5 nitrogen and oxygen atoms in total. The molecule has 4 rings (SSSR count). The van der Waals surface area contributed by atoms with E-state index in [9.17, 15) is 4.79 Å². The van der Waals surface area contributed by atoms with Gasteiger partial charge in [0.05, 0.1) is 17.5 Å². The lowest BCUT2D eigenvalue weighted by molar-refractivity contribution is -0.113. The Labute approximate surface area is 161 Å². The minimum absolute atomic E-state index is 0.0930. The fourth-order valence-corrected chi connectivity index (χ4v) is 3.38. The average Bonchev–Trinajstić information content (AvgIpc) is 3.11. The Morgan fingerprint density at radius 1 is 1.00 bits per heavy atom. The number of imidazole rings is 1. The number of para-hydroxylation sites is 1. The number of amides is 1. The molecule has 2 aromatic carbocycles. The molecule has 6 heteroatoms. The zero-order chi connectivity index (χ0) is 18.5. The Morgan fingerprint density at radius 3 is 2.70 bits per heavy atom. The average molecular weight is 375 g/mol. The van der Waals surface area contributed by atoms with Gasteiger partial charge in [0.1, 0.15) is 11.5 Å². The predicted octanol–water partition coefficient (Wildman–Crippen LogP) is 4.86. The van der Waals surface area contributed by atoms with Crippen LogP contribution in [0, 0.1) is 0 Å². The summed E-state index contributed by atoms with van der Waals surface area (Å²) in [5.74, 6) is 1.61. The van der Waals surface area contributed by atoms with Crippen LogP contribution in [0.4, 0.5) is 5.69 Å². The van der Waals surface area contributed by atoms with Crippen molar-refractivity contribution < 1.29 is 9.53 Å². The van der Waals surface area contributed by atoms with Crippen molar-refractivity contribution in [2.75, 3.05) is 11.1 Å². The SMILES string of the molecule is O=C(CSc1ncc2ccccn12)Nc1cccc(Oc2ccccc2)c1. The highest BCUT2D eigenvalue weighted by atomic mass is 32.2. The molecule has 27 heavy (non-hydrogen) atoms. The Hall–Kier alpha value is -3.25. The van der Waals surface area contributed by atoms with Crippen molar-refractivity contribution in [3.05, 3.63) is 85.2 Å². The fraction of sp³-hybridized carbons (Fsp3) is 0.0476. The van der Waals surface area contributed by atoms with Crippen molar-refractivity contribution in [3.63, 3.8) is 0 Å². The van der Waals surface area contributed by atoms with Crippen LogP contribution in [0.15, 0.2) is 90.3 Å². The lowest BCUT2D eigenvalue weighted by Gasteiger charge is -2.09. The molecule has 0 unspecified atom stereocenters. The van der Waals surface area contributed by atoms with Gasteiger partial charge in [-0.05, 0) is 36.4 Å². The van der Waals surface area contributed by atoms with Crippen molar-refractivity contribution in [1.82, 2.24) is 9.38 Å². The number of aromatic nitrogens is 2. The normalized spacial score (nSPS) is 10.7. The number of hydrogen-bond donors (Lipinski definition) is 1. The summed E-state index contributed by atoms with van der Waals surface area (Å²) in [6, 6.07) is 22.8. The van der Waals surface area contributed by atoms with Gasteiger partial charge in [-0.1, -0.05) is 42.1 Å². The summed E-state index contributed by atoms with van der Waals surface area (Å²) in [5, 5.41) is 3.70. The van der Waals surface area contributed by atoms with Crippen molar-refractivity contribution in [3.8, 4) is 11.5 Å². The number of nitrogens with zero attached hydrogens (tertiary/aromatic N) is 2. The van der Waals surface area contributed by atoms with Gasteiger partial charge in [0.2, 0.25) is 5.91 Å². The third-order valence-corrected chi connectivity index (χ3v) is 4.80. The lowest BCUT2D eigenvalue weighted by atomic mass is 10.3. The molecule has 0 bridgehead atoms. The molecule has 0 atom stereocenters. The number of fused-ring (bicyclic) bond motifs is 1. The van der Waals surface area contributed by atoms with Gasteiger partial charge in [0.25, 0.3) is 0 Å². The molecule has 0 fully saturated rings. The molecule has 0 spiro atoms. The zero-order valence-electron chi connectivity index (χ0n) is 14.4. The Kier molecular flexibility index (Phi) is 5.07. The van der Waals surface area contributed by atoms with E-state index in [-0.39, 0.29) is 11.7 Å². The van der Waals surface area contributed by atoms with Gasteiger partial charge in [0, 0.05) is 18.0 Å². The topological polar surface area (TPSA) is 55.6 Å². The molecule has 2 heterocycles. The number of thioether (sulfide) groups is 1. The summed E-state index contributed by atoms with van der Waals surface area (Å²) in [6.45, 7) is 0. The van der Waals surface area contributed by atoms with E-state index in [2.05, 4.69) is 10.3 Å². The standard InChI is InChI=1S/C21H17N3O2S/c25-20(15-27-21-22-14-17-8-4-5-12-24(17)21)23-16-7-6-11-19(13-16)26-18-9-2-1-3-10-18/h1-14H,15H2,(H,23,25). The second-order valence-electron chi connectivity index (χ2n) is 5.82. The van der Waals surface area contributed by atoms with Crippen LogP contribution < -0.4 is 10.1 Å². The highest BCUT2D eigenvalue weighted by Crippen LogP contribution is 2.24. The second-order valence-corrected chi connectivity index (χ2v) is 6.76. The van der Waals surface area contributed by atoms with E-state index >= 15 is 0 Å². The molecule has 0 radical (unpaired) electrons. The van der Waals surface area contributed by atoms with E-state index < -0.39 is 0 Å². The minimum Gasteiger partial charge on any atom is -0.457 e. The van der Waals surface area contributed by atoms with Crippen LogP contribution in [0.2, 0.25) is 0 Å². The number of benzene rings is 2. The number of nitrogens with one attached hydrogen (secondary N) is 1. The first-order chi connectivity index (χ1) is 13.3. The van der Waals surface area contributed by atoms with Crippen LogP contribution >= 0.6 is 11.8 Å². The largest absolute Gasteiger partial charge is 0.457 e. The van der Waals surface area contributed by atoms with Gasteiger partial charge in [-0.15, -0.1) is 0 Å². The van der Waals surface area contributed by atoms with Crippen molar-refractivity contribution in [2.24, 2.45) is 0 Å². The number of ether oxygens (including phenoxy) is 1. The molecular formula is C21H17N3O2S. The Morgan fingerprint density at radius 2 is 1.81 bits per heavy atom. The number of carbonyl (C=O) groups excluding carboxylic acids is 1. The van der Waals surface area contributed by atoms with Gasteiger partial charge in [-0.25, -0.2) is 4.98 Å². The van der Waals surface area contributed by atoms with Gasteiger partial charge < -0.3 is 10.1 Å². The molecule has 2 aromatic heterocycles. The van der Waals surface area contributed by atoms with Crippen LogP contribution in [0.25, 0.3) is 5.52 Å². The van der Waals surface area contributed by atoms with Crippen molar-refractivity contribution in [2.45, 2.75) is 5.16 Å². The smallest absolute Gasteiger partial charge is 0.234 e. The van der Waals surface area contributed by atoms with E-state index in [1.54, 1.807) is 12.3 Å². The van der Waals surface area contributed by atoms with Crippen LogP contribution in [0.3, 0.4) is 0 Å². The maximum absolute atomic E-state index is 12.3. The number of anilines is 1. The lowest BCUT2D eigenvalue weighted by Crippen LogP contribution is -2.14. The monoisotopic (exact) mass is 375 g/mol. The molecule has 0 saturated heterocycles. The van der Waals surface area contributed by atoms with E-state index in [0.29, 0.717) is 11.4 Å². The third-order valence-electron chi connectivity index (χ3n) is 3.83. The Balaban J connectivity index is 1.37. The van der Waals surface area contributed by atoms with Crippen LogP contribution in [0.5, 0.6) is 11.5 Å².